The van der Waals surface area contributed by atoms with Crippen LogP contribution >= 0.6 is 23.8 Å². The van der Waals surface area contributed by atoms with Crippen molar-refractivity contribution in [3.63, 3.8) is 0 Å². The monoisotopic (exact) mass is 487 g/mol. The van der Waals surface area contributed by atoms with Crippen LogP contribution in [0.3, 0.4) is 0 Å². The maximum absolute atomic E-state index is 6.07. The predicted molar refractivity (Wildman–Crippen MR) is 148 cm³/mol. The number of aromatic nitrogens is 1. The van der Waals surface area contributed by atoms with Crippen LogP contribution in [0.5, 0.6) is 0 Å². The highest BCUT2D eigenvalue weighted by molar-refractivity contribution is 7.80. The van der Waals surface area contributed by atoms with Crippen LogP contribution in [0.25, 0.3) is 0 Å². The van der Waals surface area contributed by atoms with Crippen LogP contribution in [0.15, 0.2) is 85.1 Å². The molecular formula is C29H30ClN3S. The minimum absolute atomic E-state index is 0.700. The van der Waals surface area contributed by atoms with Gasteiger partial charge in [0.15, 0.2) is 5.11 Å². The number of rotatable bonds is 7. The van der Waals surface area contributed by atoms with Crippen molar-refractivity contribution in [2.24, 2.45) is 0 Å². The molecule has 3 nitrogen and oxygen atoms in total. The number of hydrogen-bond acceptors (Lipinski definition) is 1. The molecule has 3 aromatic carbocycles. The van der Waals surface area contributed by atoms with Gasteiger partial charge in [0.05, 0.1) is 6.54 Å². The van der Waals surface area contributed by atoms with Crippen molar-refractivity contribution in [3.8, 4) is 0 Å². The van der Waals surface area contributed by atoms with Gasteiger partial charge < -0.3 is 14.8 Å². The lowest BCUT2D eigenvalue weighted by atomic mass is 10.1. The lowest BCUT2D eigenvalue weighted by Gasteiger charge is -2.28. The second-order valence-corrected chi connectivity index (χ2v) is 9.62. The van der Waals surface area contributed by atoms with Crippen molar-refractivity contribution >= 4 is 34.6 Å². The van der Waals surface area contributed by atoms with Crippen LogP contribution in [0.4, 0.5) is 5.69 Å². The number of aryl methyl sites for hydroxylation is 3. The van der Waals surface area contributed by atoms with E-state index in [0.29, 0.717) is 6.54 Å². The highest BCUT2D eigenvalue weighted by Crippen LogP contribution is 2.23. The van der Waals surface area contributed by atoms with Gasteiger partial charge in [-0.05, 0) is 79.5 Å². The number of thiocarbonyl (C=S) groups is 1. The molecule has 5 heteroatoms. The molecule has 0 amide bonds. The molecule has 1 aromatic heterocycles. The molecule has 1 heterocycles. The summed E-state index contributed by atoms with van der Waals surface area (Å²) < 4.78 is 2.27. The van der Waals surface area contributed by atoms with Crippen molar-refractivity contribution in [1.29, 1.82) is 0 Å². The minimum Gasteiger partial charge on any atom is -0.345 e. The fourth-order valence-electron chi connectivity index (χ4n) is 4.30. The molecule has 0 aliphatic carbocycles. The Kier molecular flexibility index (Phi) is 7.71. The lowest BCUT2D eigenvalue weighted by Crippen LogP contribution is -2.35. The van der Waals surface area contributed by atoms with Gasteiger partial charge in [0.1, 0.15) is 0 Å². The second-order valence-electron chi connectivity index (χ2n) is 8.80. The third kappa shape index (κ3) is 6.07. The third-order valence-corrected chi connectivity index (χ3v) is 6.57. The first-order valence-corrected chi connectivity index (χ1v) is 12.2. The van der Waals surface area contributed by atoms with Crippen LogP contribution in [0.1, 0.15) is 33.5 Å². The number of anilines is 1. The normalized spacial score (nSPS) is 10.8. The number of halogens is 1. The summed E-state index contributed by atoms with van der Waals surface area (Å²) in [5, 5.41) is 5.02. The Bertz CT molecular complexity index is 1240. The zero-order chi connectivity index (χ0) is 24.1. The van der Waals surface area contributed by atoms with Gasteiger partial charge in [-0.2, -0.15) is 0 Å². The molecular weight excluding hydrogens is 458 g/mol. The van der Waals surface area contributed by atoms with Crippen LogP contribution in [-0.2, 0) is 19.6 Å². The van der Waals surface area contributed by atoms with E-state index in [9.17, 15) is 0 Å². The van der Waals surface area contributed by atoms with Gasteiger partial charge in [-0.3, -0.25) is 0 Å². The Hall–Kier alpha value is -3.08. The van der Waals surface area contributed by atoms with Crippen LogP contribution in [0, 0.1) is 20.8 Å². The fraction of sp³-hybridized carbons (Fsp3) is 0.207. The number of benzene rings is 3. The van der Waals surface area contributed by atoms with E-state index < -0.39 is 0 Å². The first-order valence-electron chi connectivity index (χ1n) is 11.4. The van der Waals surface area contributed by atoms with E-state index in [4.69, 9.17) is 23.8 Å². The average Bonchev–Trinajstić information content (AvgIpc) is 3.24. The van der Waals surface area contributed by atoms with Gasteiger partial charge in [0, 0.05) is 35.7 Å². The highest BCUT2D eigenvalue weighted by atomic mass is 35.5. The summed E-state index contributed by atoms with van der Waals surface area (Å²) in [6, 6.07) is 27.1. The molecule has 0 unspecified atom stereocenters. The zero-order valence-electron chi connectivity index (χ0n) is 19.9. The third-order valence-electron chi connectivity index (χ3n) is 5.96. The summed E-state index contributed by atoms with van der Waals surface area (Å²) in [5.41, 5.74) is 8.38. The van der Waals surface area contributed by atoms with Crippen molar-refractivity contribution in [2.45, 2.75) is 40.4 Å². The molecule has 0 saturated heterocycles. The number of hydrogen-bond donors (Lipinski definition) is 1. The molecule has 174 valence electrons. The summed E-state index contributed by atoms with van der Waals surface area (Å²) in [7, 11) is 0. The molecule has 0 atom stereocenters. The van der Waals surface area contributed by atoms with E-state index in [-0.39, 0.29) is 0 Å². The predicted octanol–water partition coefficient (Wildman–Crippen LogP) is 7.51. The highest BCUT2D eigenvalue weighted by Gasteiger charge is 2.16. The Morgan fingerprint density at radius 3 is 2.21 bits per heavy atom. The largest absolute Gasteiger partial charge is 0.345 e. The van der Waals surface area contributed by atoms with Crippen LogP contribution in [-0.4, -0.2) is 14.6 Å². The molecule has 4 aromatic rings. The topological polar surface area (TPSA) is 20.2 Å². The quantitative estimate of drug-likeness (QED) is 0.272. The molecule has 0 fully saturated rings. The first-order chi connectivity index (χ1) is 16.4. The fourth-order valence-corrected chi connectivity index (χ4v) is 4.65. The summed E-state index contributed by atoms with van der Waals surface area (Å²) in [4.78, 5) is 2.23. The van der Waals surface area contributed by atoms with E-state index in [1.165, 1.54) is 33.5 Å². The van der Waals surface area contributed by atoms with Gasteiger partial charge in [0.25, 0.3) is 0 Å². The Morgan fingerprint density at radius 1 is 0.853 bits per heavy atom. The molecule has 0 saturated carbocycles. The van der Waals surface area contributed by atoms with Crippen molar-refractivity contribution < 1.29 is 0 Å². The maximum Gasteiger partial charge on any atom is 0.174 e. The van der Waals surface area contributed by atoms with Crippen molar-refractivity contribution in [3.05, 3.63) is 124 Å². The average molecular weight is 488 g/mol. The molecule has 0 radical (unpaired) electrons. The Labute approximate surface area is 213 Å². The smallest absolute Gasteiger partial charge is 0.174 e. The lowest BCUT2D eigenvalue weighted by molar-refractivity contribution is 0.399. The number of nitrogens with one attached hydrogen (secondary N) is 1. The molecule has 0 aliphatic rings. The molecule has 4 rings (SSSR count). The minimum atomic E-state index is 0.700. The van der Waals surface area contributed by atoms with Crippen molar-refractivity contribution in [1.82, 2.24) is 9.47 Å². The summed E-state index contributed by atoms with van der Waals surface area (Å²) in [5.74, 6) is 0. The zero-order valence-corrected chi connectivity index (χ0v) is 21.5. The molecule has 34 heavy (non-hydrogen) atoms. The molecule has 1 N–H and O–H groups in total. The molecule has 0 spiro atoms. The molecule has 0 aliphatic heterocycles. The van der Waals surface area contributed by atoms with Gasteiger partial charge in [-0.15, -0.1) is 0 Å². The second kappa shape index (κ2) is 10.9. The van der Waals surface area contributed by atoms with E-state index in [1.54, 1.807) is 0 Å². The van der Waals surface area contributed by atoms with Gasteiger partial charge >= 0.3 is 0 Å². The summed E-state index contributed by atoms with van der Waals surface area (Å²) in [6.45, 7) is 8.59. The Balaban J connectivity index is 1.58. The standard InChI is InChI=1S/C29H30ClN3S/c1-21-16-22(2)28(23(3)17-21)31-29(34)33(19-24-8-5-4-6-9-24)20-27-10-7-15-32(27)18-25-11-13-26(30)14-12-25/h4-17H,18-20H2,1-3H3,(H,31,34). The SMILES string of the molecule is Cc1cc(C)c(NC(=S)N(Cc2ccccc2)Cc2cccn2Cc2ccc(Cl)cc2)c(C)c1. The summed E-state index contributed by atoms with van der Waals surface area (Å²) in [6.07, 6.45) is 2.12. The van der Waals surface area contributed by atoms with Crippen LogP contribution < -0.4 is 5.32 Å². The Morgan fingerprint density at radius 2 is 1.53 bits per heavy atom. The summed E-state index contributed by atoms with van der Waals surface area (Å²) >= 11 is 12.0. The van der Waals surface area contributed by atoms with Gasteiger partial charge in [-0.1, -0.05) is 71.8 Å². The van der Waals surface area contributed by atoms with E-state index in [1.807, 2.05) is 18.2 Å². The maximum atomic E-state index is 6.07. The van der Waals surface area contributed by atoms with E-state index in [2.05, 4.69) is 102 Å². The van der Waals surface area contributed by atoms with E-state index in [0.717, 1.165) is 28.9 Å². The van der Waals surface area contributed by atoms with Crippen molar-refractivity contribution in [2.75, 3.05) is 5.32 Å². The first kappa shape index (κ1) is 24.1. The van der Waals surface area contributed by atoms with Gasteiger partial charge in [-0.25, -0.2) is 0 Å². The van der Waals surface area contributed by atoms with E-state index >= 15 is 0 Å². The molecule has 0 bridgehead atoms. The number of nitrogens with zero attached hydrogens (tertiary/aromatic N) is 2. The van der Waals surface area contributed by atoms with Crippen LogP contribution in [0.2, 0.25) is 5.02 Å². The van der Waals surface area contributed by atoms with Gasteiger partial charge in [0.2, 0.25) is 0 Å².